The van der Waals surface area contributed by atoms with Gasteiger partial charge < -0.3 is 16.0 Å². The van der Waals surface area contributed by atoms with Crippen LogP contribution in [0.25, 0.3) is 0 Å². The molecule has 1 rings (SSSR count). The van der Waals surface area contributed by atoms with Crippen LogP contribution >= 0.6 is 0 Å². The average Bonchev–Trinajstić information content (AvgIpc) is 2.36. The van der Waals surface area contributed by atoms with Gasteiger partial charge in [0.25, 0.3) is 5.91 Å². The molecule has 0 aliphatic heterocycles. The van der Waals surface area contributed by atoms with Gasteiger partial charge in [0.1, 0.15) is 5.82 Å². The van der Waals surface area contributed by atoms with Crippen LogP contribution < -0.4 is 16.0 Å². The van der Waals surface area contributed by atoms with Crippen LogP contribution in [0.2, 0.25) is 0 Å². The Hall–Kier alpha value is -1.62. The molecule has 0 unspecified atom stereocenters. The van der Waals surface area contributed by atoms with Crippen LogP contribution in [0.4, 0.5) is 5.82 Å². The minimum atomic E-state index is -0.0963. The number of carbonyl (C=O) groups excluding carboxylic acids is 1. The van der Waals surface area contributed by atoms with Crippen LogP contribution in [0.3, 0.4) is 0 Å². The number of pyridine rings is 1. The summed E-state index contributed by atoms with van der Waals surface area (Å²) in [6.07, 6.45) is 1.68. The average molecular weight is 264 g/mol. The Morgan fingerprint density at radius 1 is 1.37 bits per heavy atom. The van der Waals surface area contributed by atoms with Crippen molar-refractivity contribution in [2.75, 3.05) is 18.4 Å². The van der Waals surface area contributed by atoms with Crippen molar-refractivity contribution in [1.29, 1.82) is 0 Å². The quantitative estimate of drug-likeness (QED) is 0.700. The minimum Gasteiger partial charge on any atom is -0.367 e. The third kappa shape index (κ3) is 5.26. The van der Waals surface area contributed by atoms with Crippen molar-refractivity contribution in [3.8, 4) is 0 Å². The van der Waals surface area contributed by atoms with E-state index < -0.39 is 0 Å². The summed E-state index contributed by atoms with van der Waals surface area (Å²) in [5.41, 5.74) is 0.583. The van der Waals surface area contributed by atoms with Gasteiger partial charge in [0.2, 0.25) is 0 Å². The van der Waals surface area contributed by atoms with Gasteiger partial charge in [-0.15, -0.1) is 0 Å². The lowest BCUT2D eigenvalue weighted by atomic mass is 10.2. The summed E-state index contributed by atoms with van der Waals surface area (Å²) in [5.74, 6) is 0.534. The summed E-state index contributed by atoms with van der Waals surface area (Å²) >= 11 is 0. The molecule has 0 aromatic carbocycles. The van der Waals surface area contributed by atoms with Gasteiger partial charge in [-0.3, -0.25) is 4.79 Å². The summed E-state index contributed by atoms with van der Waals surface area (Å²) in [4.78, 5) is 16.4. The van der Waals surface area contributed by atoms with Gasteiger partial charge in [0.05, 0.1) is 5.56 Å². The van der Waals surface area contributed by atoms with Crippen LogP contribution in [0, 0.1) is 0 Å². The topological polar surface area (TPSA) is 66.0 Å². The fraction of sp³-hybridized carbons (Fsp3) is 0.571. The van der Waals surface area contributed by atoms with Gasteiger partial charge in [-0.25, -0.2) is 4.98 Å². The Kier molecular flexibility index (Phi) is 6.29. The number of likely N-dealkylation sites (N-methyl/N-ethyl adjacent to an activating group) is 1. The third-order valence-corrected chi connectivity index (χ3v) is 2.60. The molecular formula is C14H24N4O. The highest BCUT2D eigenvalue weighted by atomic mass is 16.1. The smallest absolute Gasteiger partial charge is 0.255 e. The Morgan fingerprint density at radius 3 is 2.74 bits per heavy atom. The predicted molar refractivity (Wildman–Crippen MR) is 78.5 cm³/mol. The predicted octanol–water partition coefficient (Wildman–Crippen LogP) is 1.63. The first-order valence-electron chi connectivity index (χ1n) is 6.77. The van der Waals surface area contributed by atoms with Crippen LogP contribution in [0.1, 0.15) is 38.1 Å². The second-order valence-corrected chi connectivity index (χ2v) is 4.87. The highest BCUT2D eigenvalue weighted by Gasteiger charge is 2.13. The van der Waals surface area contributed by atoms with Crippen molar-refractivity contribution in [3.63, 3.8) is 0 Å². The fourth-order valence-electron chi connectivity index (χ4n) is 1.74. The molecule has 1 amide bonds. The Balaban J connectivity index is 2.66. The molecule has 106 valence electrons. The number of amides is 1. The van der Waals surface area contributed by atoms with E-state index in [2.05, 4.69) is 20.9 Å². The SMILES string of the molecule is CCN[C@H](C)CNC(=O)c1cccnc1NC(C)C. The minimum absolute atomic E-state index is 0.0963. The zero-order chi connectivity index (χ0) is 14.3. The molecule has 5 heteroatoms. The van der Waals surface area contributed by atoms with E-state index in [0.717, 1.165) is 6.54 Å². The van der Waals surface area contributed by atoms with E-state index in [-0.39, 0.29) is 18.0 Å². The maximum Gasteiger partial charge on any atom is 0.255 e. The molecule has 0 saturated heterocycles. The van der Waals surface area contributed by atoms with Gasteiger partial charge in [-0.05, 0) is 39.4 Å². The molecule has 1 aromatic rings. The van der Waals surface area contributed by atoms with Gasteiger partial charge >= 0.3 is 0 Å². The molecule has 3 N–H and O–H groups in total. The Bertz CT molecular complexity index is 406. The summed E-state index contributed by atoms with van der Waals surface area (Å²) < 4.78 is 0. The van der Waals surface area contributed by atoms with Crippen molar-refractivity contribution < 1.29 is 4.79 Å². The monoisotopic (exact) mass is 264 g/mol. The maximum atomic E-state index is 12.1. The highest BCUT2D eigenvalue weighted by molar-refractivity contribution is 5.98. The lowest BCUT2D eigenvalue weighted by molar-refractivity contribution is 0.0950. The second kappa shape index (κ2) is 7.74. The summed E-state index contributed by atoms with van der Waals surface area (Å²) in [6, 6.07) is 4.05. The lowest BCUT2D eigenvalue weighted by Gasteiger charge is -2.16. The molecule has 0 saturated carbocycles. The number of carbonyl (C=O) groups is 1. The lowest BCUT2D eigenvalue weighted by Crippen LogP contribution is -2.39. The van der Waals surface area contributed by atoms with E-state index in [1.807, 2.05) is 27.7 Å². The zero-order valence-corrected chi connectivity index (χ0v) is 12.2. The van der Waals surface area contributed by atoms with E-state index in [9.17, 15) is 4.79 Å². The highest BCUT2D eigenvalue weighted by Crippen LogP contribution is 2.12. The maximum absolute atomic E-state index is 12.1. The van der Waals surface area contributed by atoms with E-state index in [0.29, 0.717) is 17.9 Å². The number of anilines is 1. The summed E-state index contributed by atoms with van der Waals surface area (Å²) in [7, 11) is 0. The van der Waals surface area contributed by atoms with Crippen molar-refractivity contribution >= 4 is 11.7 Å². The summed E-state index contributed by atoms with van der Waals surface area (Å²) in [5, 5.41) is 9.35. The third-order valence-electron chi connectivity index (χ3n) is 2.60. The molecule has 0 spiro atoms. The van der Waals surface area contributed by atoms with E-state index >= 15 is 0 Å². The number of nitrogens with one attached hydrogen (secondary N) is 3. The molecule has 19 heavy (non-hydrogen) atoms. The molecule has 0 aliphatic rings. The van der Waals surface area contributed by atoms with Gasteiger partial charge in [-0.1, -0.05) is 6.92 Å². The zero-order valence-electron chi connectivity index (χ0n) is 12.2. The van der Waals surface area contributed by atoms with Crippen molar-refractivity contribution in [2.45, 2.75) is 39.8 Å². The molecule has 0 radical (unpaired) electrons. The van der Waals surface area contributed by atoms with Crippen molar-refractivity contribution in [1.82, 2.24) is 15.6 Å². The molecule has 0 aliphatic carbocycles. The molecule has 5 nitrogen and oxygen atoms in total. The summed E-state index contributed by atoms with van der Waals surface area (Å²) in [6.45, 7) is 9.62. The largest absolute Gasteiger partial charge is 0.367 e. The number of hydrogen-bond acceptors (Lipinski definition) is 4. The number of rotatable bonds is 7. The number of nitrogens with zero attached hydrogens (tertiary/aromatic N) is 1. The van der Waals surface area contributed by atoms with Crippen LogP contribution in [0.15, 0.2) is 18.3 Å². The van der Waals surface area contributed by atoms with Crippen LogP contribution in [0.5, 0.6) is 0 Å². The van der Waals surface area contributed by atoms with Crippen LogP contribution in [-0.4, -0.2) is 36.1 Å². The number of aromatic nitrogens is 1. The molecule has 1 heterocycles. The van der Waals surface area contributed by atoms with Gasteiger partial charge in [0.15, 0.2) is 0 Å². The Labute approximate surface area is 115 Å². The molecule has 0 fully saturated rings. The van der Waals surface area contributed by atoms with E-state index in [4.69, 9.17) is 0 Å². The second-order valence-electron chi connectivity index (χ2n) is 4.87. The van der Waals surface area contributed by atoms with Gasteiger partial charge in [-0.2, -0.15) is 0 Å². The normalized spacial score (nSPS) is 12.3. The molecule has 1 atom stereocenters. The molecule has 0 bridgehead atoms. The molecule has 1 aromatic heterocycles. The first-order valence-corrected chi connectivity index (χ1v) is 6.77. The standard InChI is InChI=1S/C14H24N4O/c1-5-15-11(4)9-17-14(19)12-7-6-8-16-13(12)18-10(2)3/h6-8,10-11,15H,5,9H2,1-4H3,(H,16,18)(H,17,19)/t11-/m1/s1. The van der Waals surface area contributed by atoms with E-state index in [1.165, 1.54) is 0 Å². The van der Waals surface area contributed by atoms with Crippen LogP contribution in [-0.2, 0) is 0 Å². The Morgan fingerprint density at radius 2 is 2.11 bits per heavy atom. The van der Waals surface area contributed by atoms with Crippen molar-refractivity contribution in [2.24, 2.45) is 0 Å². The fourth-order valence-corrected chi connectivity index (χ4v) is 1.74. The van der Waals surface area contributed by atoms with Gasteiger partial charge in [0, 0.05) is 24.8 Å². The number of hydrogen-bond donors (Lipinski definition) is 3. The molecular weight excluding hydrogens is 240 g/mol. The van der Waals surface area contributed by atoms with E-state index in [1.54, 1.807) is 18.3 Å². The van der Waals surface area contributed by atoms with Crippen molar-refractivity contribution in [3.05, 3.63) is 23.9 Å². The first kappa shape index (κ1) is 15.4. The first-order chi connectivity index (χ1) is 9.04.